The van der Waals surface area contributed by atoms with Crippen LogP contribution in [-0.2, 0) is 4.74 Å². The van der Waals surface area contributed by atoms with E-state index in [0.717, 1.165) is 18.4 Å². The van der Waals surface area contributed by atoms with Gasteiger partial charge in [-0.25, -0.2) is 0 Å². The average molecular weight is 223 g/mol. The van der Waals surface area contributed by atoms with Crippen molar-refractivity contribution in [1.82, 2.24) is 0 Å². The number of ether oxygens (including phenoxy) is 1. The number of unbranched alkanes of at least 4 members (excludes halogenated alkanes) is 2. The summed E-state index contributed by atoms with van der Waals surface area (Å²) in [5.41, 5.74) is 0. The molecule has 0 heterocycles. The lowest BCUT2D eigenvalue weighted by molar-refractivity contribution is 0.0610. The second-order valence-electron chi connectivity index (χ2n) is 2.84. The van der Waals surface area contributed by atoms with Crippen LogP contribution in [0.5, 0.6) is 0 Å². The van der Waals surface area contributed by atoms with Gasteiger partial charge < -0.3 is 4.74 Å². The highest BCUT2D eigenvalue weighted by molar-refractivity contribution is 9.09. The van der Waals surface area contributed by atoms with E-state index in [2.05, 4.69) is 29.8 Å². The molecule has 0 bridgehead atoms. The van der Waals surface area contributed by atoms with E-state index >= 15 is 0 Å². The fourth-order valence-electron chi connectivity index (χ4n) is 0.776. The molecular formula is C9H19BrO. The van der Waals surface area contributed by atoms with E-state index in [1.807, 2.05) is 0 Å². The van der Waals surface area contributed by atoms with Gasteiger partial charge in [0.15, 0.2) is 0 Å². The summed E-state index contributed by atoms with van der Waals surface area (Å²) < 4.78 is 5.52. The Labute approximate surface area is 78.6 Å². The predicted octanol–water partition coefficient (Wildman–Crippen LogP) is 3.37. The van der Waals surface area contributed by atoms with Crippen LogP contribution in [-0.4, -0.2) is 18.0 Å². The van der Waals surface area contributed by atoms with Crippen LogP contribution in [0.25, 0.3) is 0 Å². The molecular weight excluding hydrogens is 204 g/mol. The van der Waals surface area contributed by atoms with Crippen LogP contribution in [0.4, 0.5) is 0 Å². The zero-order valence-electron chi connectivity index (χ0n) is 7.61. The highest BCUT2D eigenvalue weighted by Crippen LogP contribution is 2.01. The Balaban J connectivity index is 2.89. The molecule has 1 nitrogen and oxygen atoms in total. The van der Waals surface area contributed by atoms with Crippen LogP contribution in [0, 0.1) is 0 Å². The molecule has 0 N–H and O–H groups in total. The summed E-state index contributed by atoms with van der Waals surface area (Å²) in [5.74, 6) is 0. The van der Waals surface area contributed by atoms with Crippen LogP contribution in [0.1, 0.15) is 39.5 Å². The molecule has 0 aromatic heterocycles. The van der Waals surface area contributed by atoms with E-state index in [1.54, 1.807) is 0 Å². The van der Waals surface area contributed by atoms with Gasteiger partial charge in [0.05, 0.1) is 6.10 Å². The molecule has 0 aromatic carbocycles. The van der Waals surface area contributed by atoms with Crippen LogP contribution < -0.4 is 0 Å². The van der Waals surface area contributed by atoms with E-state index in [0.29, 0.717) is 6.10 Å². The molecule has 0 spiro atoms. The minimum absolute atomic E-state index is 0.443. The first-order valence-corrected chi connectivity index (χ1v) is 5.61. The largest absolute Gasteiger partial charge is 0.379 e. The Kier molecular flexibility index (Phi) is 8.88. The van der Waals surface area contributed by atoms with Gasteiger partial charge in [-0.3, -0.25) is 0 Å². The Morgan fingerprint density at radius 2 is 2.00 bits per heavy atom. The van der Waals surface area contributed by atoms with Crippen molar-refractivity contribution in [3.8, 4) is 0 Å². The summed E-state index contributed by atoms with van der Waals surface area (Å²) in [6.07, 6.45) is 5.32. The van der Waals surface area contributed by atoms with Crippen molar-refractivity contribution in [2.75, 3.05) is 11.9 Å². The molecule has 1 atom stereocenters. The Bertz CT molecular complexity index is 76.0. The zero-order chi connectivity index (χ0) is 8.53. The average Bonchev–Trinajstić information content (AvgIpc) is 2.04. The maximum atomic E-state index is 5.52. The topological polar surface area (TPSA) is 9.23 Å². The fourth-order valence-corrected chi connectivity index (χ4v) is 1.17. The first kappa shape index (κ1) is 11.4. The quantitative estimate of drug-likeness (QED) is 0.475. The molecule has 0 aromatic rings. The lowest BCUT2D eigenvalue weighted by Gasteiger charge is -2.09. The minimum Gasteiger partial charge on any atom is -0.379 e. The maximum absolute atomic E-state index is 5.52. The van der Waals surface area contributed by atoms with Crippen molar-refractivity contribution in [3.63, 3.8) is 0 Å². The van der Waals surface area contributed by atoms with Gasteiger partial charge in [0.25, 0.3) is 0 Å². The standard InChI is InChI=1S/C9H19BrO/c1-3-9(2)11-8-6-4-5-7-10/h9H,3-8H2,1-2H3. The highest BCUT2D eigenvalue weighted by atomic mass is 79.9. The summed E-state index contributed by atoms with van der Waals surface area (Å²) in [5, 5.41) is 1.12. The van der Waals surface area contributed by atoms with E-state index in [-0.39, 0.29) is 0 Å². The van der Waals surface area contributed by atoms with E-state index in [1.165, 1.54) is 19.3 Å². The number of rotatable bonds is 7. The van der Waals surface area contributed by atoms with Gasteiger partial charge in [-0.05, 0) is 26.2 Å². The third-order valence-corrected chi connectivity index (χ3v) is 2.32. The smallest absolute Gasteiger partial charge is 0.0544 e. The Hall–Kier alpha value is 0.440. The van der Waals surface area contributed by atoms with E-state index < -0.39 is 0 Å². The molecule has 0 aliphatic heterocycles. The third kappa shape index (κ3) is 8.35. The Morgan fingerprint density at radius 1 is 1.27 bits per heavy atom. The summed E-state index contributed by atoms with van der Waals surface area (Å²) in [6.45, 7) is 5.22. The molecule has 1 unspecified atom stereocenters. The predicted molar refractivity (Wildman–Crippen MR) is 53.4 cm³/mol. The van der Waals surface area contributed by atoms with E-state index in [4.69, 9.17) is 4.74 Å². The molecule has 11 heavy (non-hydrogen) atoms. The molecule has 0 amide bonds. The van der Waals surface area contributed by atoms with Crippen LogP contribution in [0.3, 0.4) is 0 Å². The number of hydrogen-bond donors (Lipinski definition) is 0. The summed E-state index contributed by atoms with van der Waals surface area (Å²) in [6, 6.07) is 0. The molecule has 68 valence electrons. The lowest BCUT2D eigenvalue weighted by atomic mass is 10.2. The van der Waals surface area contributed by atoms with Crippen molar-refractivity contribution in [2.24, 2.45) is 0 Å². The Morgan fingerprint density at radius 3 is 2.55 bits per heavy atom. The number of halogens is 1. The second-order valence-corrected chi connectivity index (χ2v) is 3.63. The van der Waals surface area contributed by atoms with Gasteiger partial charge >= 0.3 is 0 Å². The van der Waals surface area contributed by atoms with Crippen LogP contribution >= 0.6 is 15.9 Å². The lowest BCUT2D eigenvalue weighted by Crippen LogP contribution is -2.07. The molecule has 2 heteroatoms. The van der Waals surface area contributed by atoms with Crippen LogP contribution in [0.2, 0.25) is 0 Å². The monoisotopic (exact) mass is 222 g/mol. The third-order valence-electron chi connectivity index (χ3n) is 1.76. The van der Waals surface area contributed by atoms with Crippen molar-refractivity contribution < 1.29 is 4.74 Å². The van der Waals surface area contributed by atoms with Gasteiger partial charge in [-0.2, -0.15) is 0 Å². The molecule has 0 saturated carbocycles. The molecule has 0 saturated heterocycles. The highest BCUT2D eigenvalue weighted by Gasteiger charge is 1.96. The van der Waals surface area contributed by atoms with Crippen molar-refractivity contribution in [2.45, 2.75) is 45.6 Å². The SMILES string of the molecule is CCC(C)OCCCCCBr. The van der Waals surface area contributed by atoms with Gasteiger partial charge in [0.2, 0.25) is 0 Å². The molecule has 0 fully saturated rings. The summed E-state index contributed by atoms with van der Waals surface area (Å²) in [7, 11) is 0. The molecule has 0 radical (unpaired) electrons. The first-order chi connectivity index (χ1) is 5.31. The minimum atomic E-state index is 0.443. The summed E-state index contributed by atoms with van der Waals surface area (Å²) in [4.78, 5) is 0. The second kappa shape index (κ2) is 8.54. The first-order valence-electron chi connectivity index (χ1n) is 4.48. The van der Waals surface area contributed by atoms with Crippen molar-refractivity contribution in [1.29, 1.82) is 0 Å². The van der Waals surface area contributed by atoms with Crippen molar-refractivity contribution in [3.05, 3.63) is 0 Å². The van der Waals surface area contributed by atoms with Gasteiger partial charge in [-0.15, -0.1) is 0 Å². The number of hydrogen-bond acceptors (Lipinski definition) is 1. The number of alkyl halides is 1. The van der Waals surface area contributed by atoms with Gasteiger partial charge in [-0.1, -0.05) is 29.3 Å². The summed E-state index contributed by atoms with van der Waals surface area (Å²) >= 11 is 3.40. The maximum Gasteiger partial charge on any atom is 0.0544 e. The van der Waals surface area contributed by atoms with Crippen molar-refractivity contribution >= 4 is 15.9 Å². The van der Waals surface area contributed by atoms with E-state index in [9.17, 15) is 0 Å². The van der Waals surface area contributed by atoms with Gasteiger partial charge in [0.1, 0.15) is 0 Å². The van der Waals surface area contributed by atoms with Crippen LogP contribution in [0.15, 0.2) is 0 Å². The fraction of sp³-hybridized carbons (Fsp3) is 1.00. The molecule has 0 aliphatic rings. The zero-order valence-corrected chi connectivity index (χ0v) is 9.19. The van der Waals surface area contributed by atoms with Gasteiger partial charge in [0, 0.05) is 11.9 Å². The normalized spacial score (nSPS) is 13.4. The molecule has 0 rings (SSSR count). The molecule has 0 aliphatic carbocycles.